The van der Waals surface area contributed by atoms with Crippen molar-refractivity contribution < 1.29 is 5.11 Å². The van der Waals surface area contributed by atoms with Gasteiger partial charge in [0.05, 0.1) is 0 Å². The van der Waals surface area contributed by atoms with Crippen LogP contribution in [0.1, 0.15) is 31.9 Å². The fourth-order valence-electron chi connectivity index (χ4n) is 1.78. The normalized spacial score (nSPS) is 11.9. The van der Waals surface area contributed by atoms with E-state index in [2.05, 4.69) is 14.9 Å². The van der Waals surface area contributed by atoms with E-state index in [1.54, 1.807) is 0 Å². The molecule has 6 nitrogen and oxygen atoms in total. The Bertz CT molecular complexity index is 587. The van der Waals surface area contributed by atoms with Gasteiger partial charge >= 0.3 is 0 Å². The molecule has 0 radical (unpaired) electrons. The van der Waals surface area contributed by atoms with Crippen LogP contribution >= 0.6 is 12.2 Å². The number of aromatic nitrogens is 2. The Hall–Kier alpha value is -1.47. The highest BCUT2D eigenvalue weighted by Crippen LogP contribution is 2.17. The van der Waals surface area contributed by atoms with Crippen molar-refractivity contribution in [3.8, 4) is 5.88 Å². The van der Waals surface area contributed by atoms with Gasteiger partial charge in [-0.2, -0.15) is 0 Å². The fourth-order valence-corrected chi connectivity index (χ4v) is 2.17. The second-order valence-electron chi connectivity index (χ2n) is 5.15. The highest BCUT2D eigenvalue weighted by atomic mass is 32.1. The van der Waals surface area contributed by atoms with Crippen molar-refractivity contribution in [2.75, 3.05) is 27.2 Å². The highest BCUT2D eigenvalue weighted by molar-refractivity contribution is 7.71. The minimum absolute atomic E-state index is 0.0414. The summed E-state index contributed by atoms with van der Waals surface area (Å²) >= 11 is 5.04. The number of nitrogens with zero attached hydrogens (tertiary/aromatic N) is 3. The summed E-state index contributed by atoms with van der Waals surface area (Å²) in [5, 5.41) is 10.1. The molecule has 20 heavy (non-hydrogen) atoms. The van der Waals surface area contributed by atoms with Crippen molar-refractivity contribution >= 4 is 18.4 Å². The first-order valence-corrected chi connectivity index (χ1v) is 6.97. The van der Waals surface area contributed by atoms with Gasteiger partial charge in [-0.3, -0.25) is 19.3 Å². The van der Waals surface area contributed by atoms with Crippen LogP contribution in [0.15, 0.2) is 9.79 Å². The SMILES string of the molecule is CC(C)n1c(O)c(C=NCCCN(C)C)c(=O)[nH]c1=S. The summed E-state index contributed by atoms with van der Waals surface area (Å²) in [4.78, 5) is 20.6. The Labute approximate surface area is 123 Å². The van der Waals surface area contributed by atoms with Crippen LogP contribution in [-0.4, -0.2) is 53.0 Å². The molecule has 7 heteroatoms. The van der Waals surface area contributed by atoms with Gasteiger partial charge in [0, 0.05) is 18.8 Å². The molecule has 112 valence electrons. The van der Waals surface area contributed by atoms with Gasteiger partial charge in [-0.25, -0.2) is 0 Å². The van der Waals surface area contributed by atoms with Crippen LogP contribution in [0, 0.1) is 4.77 Å². The van der Waals surface area contributed by atoms with E-state index in [0.717, 1.165) is 13.0 Å². The van der Waals surface area contributed by atoms with Crippen molar-refractivity contribution in [3.05, 3.63) is 20.7 Å². The summed E-state index contributed by atoms with van der Waals surface area (Å²) in [5.74, 6) is -0.134. The van der Waals surface area contributed by atoms with Crippen LogP contribution in [0.5, 0.6) is 5.88 Å². The third kappa shape index (κ3) is 4.28. The average Bonchev–Trinajstić information content (AvgIpc) is 2.30. The molecule has 0 atom stereocenters. The number of aromatic hydroxyl groups is 1. The van der Waals surface area contributed by atoms with Crippen LogP contribution in [0.2, 0.25) is 0 Å². The molecule has 0 aliphatic rings. The lowest BCUT2D eigenvalue weighted by molar-refractivity contribution is 0.385. The third-order valence-electron chi connectivity index (χ3n) is 2.78. The molecule has 0 aliphatic heterocycles. The monoisotopic (exact) mass is 298 g/mol. The average molecular weight is 298 g/mol. The summed E-state index contributed by atoms with van der Waals surface area (Å²) in [6.07, 6.45) is 2.31. The van der Waals surface area contributed by atoms with Gasteiger partial charge < -0.3 is 10.0 Å². The van der Waals surface area contributed by atoms with Gasteiger partial charge in [0.15, 0.2) is 4.77 Å². The van der Waals surface area contributed by atoms with Crippen molar-refractivity contribution in [2.24, 2.45) is 4.99 Å². The molecule has 1 aromatic rings. The summed E-state index contributed by atoms with van der Waals surface area (Å²) in [6, 6.07) is -0.0414. The summed E-state index contributed by atoms with van der Waals surface area (Å²) in [5.41, 5.74) is -0.266. The molecule has 1 heterocycles. The fraction of sp³-hybridized carbons (Fsp3) is 0.615. The molecule has 1 aromatic heterocycles. The number of aromatic amines is 1. The quantitative estimate of drug-likeness (QED) is 0.475. The smallest absolute Gasteiger partial charge is 0.264 e. The van der Waals surface area contributed by atoms with Crippen molar-refractivity contribution in [1.29, 1.82) is 0 Å². The second-order valence-corrected chi connectivity index (χ2v) is 5.54. The van der Waals surface area contributed by atoms with E-state index in [9.17, 15) is 9.90 Å². The Morgan fingerprint density at radius 2 is 2.15 bits per heavy atom. The van der Waals surface area contributed by atoms with Gasteiger partial charge in [0.2, 0.25) is 5.88 Å². The molecule has 2 N–H and O–H groups in total. The zero-order valence-electron chi connectivity index (χ0n) is 12.4. The van der Waals surface area contributed by atoms with Gasteiger partial charge in [-0.05, 0) is 53.1 Å². The number of nitrogens with one attached hydrogen (secondary N) is 1. The molecule has 0 bridgehead atoms. The zero-order valence-corrected chi connectivity index (χ0v) is 13.2. The first-order chi connectivity index (χ1) is 9.34. The molecular weight excluding hydrogens is 276 g/mol. The number of rotatable bonds is 6. The van der Waals surface area contributed by atoms with E-state index in [1.807, 2.05) is 27.9 Å². The second kappa shape index (κ2) is 7.35. The molecule has 0 saturated heterocycles. The number of hydrogen-bond donors (Lipinski definition) is 2. The first kappa shape index (κ1) is 16.6. The molecule has 0 unspecified atom stereocenters. The summed E-state index contributed by atoms with van der Waals surface area (Å²) < 4.78 is 1.71. The van der Waals surface area contributed by atoms with E-state index in [4.69, 9.17) is 12.2 Å². The highest BCUT2D eigenvalue weighted by Gasteiger charge is 2.12. The Balaban J connectivity index is 2.96. The molecule has 0 aromatic carbocycles. The van der Waals surface area contributed by atoms with Gasteiger partial charge in [0.1, 0.15) is 5.56 Å². The number of aliphatic imine (C=N–C) groups is 1. The first-order valence-electron chi connectivity index (χ1n) is 6.57. The predicted molar refractivity (Wildman–Crippen MR) is 83.6 cm³/mol. The van der Waals surface area contributed by atoms with Crippen LogP contribution in [0.3, 0.4) is 0 Å². The molecule has 0 spiro atoms. The lowest BCUT2D eigenvalue weighted by Gasteiger charge is -2.14. The standard InChI is InChI=1S/C13H22N4O2S/c1-9(2)17-12(19)10(11(18)15-13(17)20)8-14-6-5-7-16(3)4/h8-9,19H,5-7H2,1-4H3,(H,15,18,20). The number of H-pyrrole nitrogens is 1. The van der Waals surface area contributed by atoms with E-state index in [1.165, 1.54) is 10.8 Å². The summed E-state index contributed by atoms with van der Waals surface area (Å²) in [6.45, 7) is 5.29. The summed E-state index contributed by atoms with van der Waals surface area (Å²) in [7, 11) is 3.99. The topological polar surface area (TPSA) is 73.6 Å². The van der Waals surface area contributed by atoms with Gasteiger partial charge in [0.25, 0.3) is 5.56 Å². The van der Waals surface area contributed by atoms with Crippen molar-refractivity contribution in [2.45, 2.75) is 26.3 Å². The van der Waals surface area contributed by atoms with Gasteiger partial charge in [-0.1, -0.05) is 0 Å². The maximum Gasteiger partial charge on any atom is 0.264 e. The molecule has 0 fully saturated rings. The Morgan fingerprint density at radius 3 is 2.70 bits per heavy atom. The van der Waals surface area contributed by atoms with E-state index < -0.39 is 5.56 Å². The van der Waals surface area contributed by atoms with Crippen LogP contribution in [0.25, 0.3) is 0 Å². The molecule has 0 amide bonds. The van der Waals surface area contributed by atoms with Gasteiger partial charge in [-0.15, -0.1) is 0 Å². The van der Waals surface area contributed by atoms with E-state index in [0.29, 0.717) is 6.54 Å². The van der Waals surface area contributed by atoms with Crippen LogP contribution in [-0.2, 0) is 0 Å². The zero-order chi connectivity index (χ0) is 15.3. The Morgan fingerprint density at radius 1 is 1.50 bits per heavy atom. The molecule has 0 aliphatic carbocycles. The minimum atomic E-state index is -0.416. The maximum atomic E-state index is 11.8. The maximum absolute atomic E-state index is 11.8. The molecule has 1 rings (SSSR count). The van der Waals surface area contributed by atoms with E-state index >= 15 is 0 Å². The largest absolute Gasteiger partial charge is 0.494 e. The molecular formula is C13H22N4O2S. The van der Waals surface area contributed by atoms with Crippen molar-refractivity contribution in [3.63, 3.8) is 0 Å². The van der Waals surface area contributed by atoms with Crippen molar-refractivity contribution in [1.82, 2.24) is 14.5 Å². The van der Waals surface area contributed by atoms with E-state index in [-0.39, 0.29) is 22.3 Å². The third-order valence-corrected chi connectivity index (χ3v) is 3.08. The lowest BCUT2D eigenvalue weighted by atomic mass is 10.3. The molecule has 0 saturated carbocycles. The Kier molecular flexibility index (Phi) is 6.09. The van der Waals surface area contributed by atoms with Crippen LogP contribution < -0.4 is 5.56 Å². The lowest BCUT2D eigenvalue weighted by Crippen LogP contribution is -2.20. The number of hydrogen-bond acceptors (Lipinski definition) is 5. The van der Waals surface area contributed by atoms with Crippen LogP contribution in [0.4, 0.5) is 0 Å². The minimum Gasteiger partial charge on any atom is -0.494 e. The predicted octanol–water partition coefficient (Wildman–Crippen LogP) is 1.56.